The van der Waals surface area contributed by atoms with Gasteiger partial charge in [0.25, 0.3) is 0 Å². The number of pyridine rings is 1. The van der Waals surface area contributed by atoms with Gasteiger partial charge in [-0.05, 0) is 36.8 Å². The zero-order chi connectivity index (χ0) is 13.1. The molecule has 1 heterocycles. The lowest BCUT2D eigenvalue weighted by Gasteiger charge is -2.10. The van der Waals surface area contributed by atoms with Crippen LogP contribution in [-0.2, 0) is 0 Å². The minimum absolute atomic E-state index is 0.0210. The van der Waals surface area contributed by atoms with E-state index in [-0.39, 0.29) is 5.69 Å². The van der Waals surface area contributed by atoms with Crippen LogP contribution in [0.2, 0.25) is 0 Å². The van der Waals surface area contributed by atoms with Gasteiger partial charge in [-0.2, -0.15) is 0 Å². The second-order valence-corrected chi connectivity index (χ2v) is 4.63. The van der Waals surface area contributed by atoms with Gasteiger partial charge in [-0.1, -0.05) is 22.0 Å². The van der Waals surface area contributed by atoms with Gasteiger partial charge < -0.3 is 10.4 Å². The first kappa shape index (κ1) is 12.6. The summed E-state index contributed by atoms with van der Waals surface area (Å²) in [6.45, 7) is 1.98. The van der Waals surface area contributed by atoms with Crippen LogP contribution < -0.4 is 5.32 Å². The van der Waals surface area contributed by atoms with Crippen LogP contribution in [0.5, 0.6) is 0 Å². The molecule has 2 aromatic rings. The average Bonchev–Trinajstić information content (AvgIpc) is 2.35. The van der Waals surface area contributed by atoms with Gasteiger partial charge in [0.1, 0.15) is 5.69 Å². The largest absolute Gasteiger partial charge is 0.477 e. The summed E-state index contributed by atoms with van der Waals surface area (Å²) in [6.07, 6.45) is 1.47. The first-order valence-electron chi connectivity index (χ1n) is 5.29. The van der Waals surface area contributed by atoms with Gasteiger partial charge in [-0.3, -0.25) is 0 Å². The topological polar surface area (TPSA) is 62.2 Å². The Morgan fingerprint density at radius 3 is 2.89 bits per heavy atom. The minimum Gasteiger partial charge on any atom is -0.477 e. The summed E-state index contributed by atoms with van der Waals surface area (Å²) < 4.78 is 1.00. The molecule has 0 amide bonds. The van der Waals surface area contributed by atoms with Crippen molar-refractivity contribution in [2.75, 3.05) is 5.32 Å². The summed E-state index contributed by atoms with van der Waals surface area (Å²) in [5.74, 6) is -1.04. The Hall–Kier alpha value is -1.88. The molecule has 0 unspecified atom stereocenters. The number of hydrogen-bond donors (Lipinski definition) is 2. The molecule has 1 aromatic carbocycles. The monoisotopic (exact) mass is 306 g/mol. The molecule has 18 heavy (non-hydrogen) atoms. The van der Waals surface area contributed by atoms with Crippen molar-refractivity contribution in [3.05, 3.63) is 52.3 Å². The van der Waals surface area contributed by atoms with E-state index in [0.29, 0.717) is 5.69 Å². The molecule has 2 N–H and O–H groups in total. The van der Waals surface area contributed by atoms with Crippen LogP contribution in [0, 0.1) is 6.92 Å². The molecule has 4 nitrogen and oxygen atoms in total. The van der Waals surface area contributed by atoms with E-state index in [2.05, 4.69) is 26.2 Å². The third-order valence-electron chi connectivity index (χ3n) is 2.53. The third-order valence-corrected chi connectivity index (χ3v) is 3.38. The molecular formula is C13H11BrN2O2. The maximum absolute atomic E-state index is 10.8. The molecule has 0 bridgehead atoms. The second-order valence-electron chi connectivity index (χ2n) is 3.77. The zero-order valence-electron chi connectivity index (χ0n) is 9.64. The Labute approximate surface area is 113 Å². The third kappa shape index (κ3) is 2.68. The number of carbonyl (C=O) groups is 1. The molecule has 0 aliphatic heterocycles. The summed E-state index contributed by atoms with van der Waals surface area (Å²) >= 11 is 3.45. The molecule has 0 saturated carbocycles. The number of nitrogens with zero attached hydrogens (tertiary/aromatic N) is 1. The fourth-order valence-corrected chi connectivity index (χ4v) is 1.89. The Morgan fingerprint density at radius 1 is 1.39 bits per heavy atom. The number of benzene rings is 1. The van der Waals surface area contributed by atoms with Gasteiger partial charge in [0.2, 0.25) is 0 Å². The molecule has 92 valence electrons. The lowest BCUT2D eigenvalue weighted by atomic mass is 10.2. The maximum atomic E-state index is 10.8. The Morgan fingerprint density at radius 2 is 2.17 bits per heavy atom. The molecule has 2 rings (SSSR count). The molecule has 1 aromatic heterocycles. The average molecular weight is 307 g/mol. The van der Waals surface area contributed by atoms with Crippen molar-refractivity contribution in [3.63, 3.8) is 0 Å². The van der Waals surface area contributed by atoms with Crippen LogP contribution in [0.25, 0.3) is 0 Å². The highest BCUT2D eigenvalue weighted by atomic mass is 79.9. The van der Waals surface area contributed by atoms with Gasteiger partial charge in [0, 0.05) is 22.0 Å². The van der Waals surface area contributed by atoms with E-state index in [1.165, 1.54) is 12.3 Å². The number of rotatable bonds is 3. The van der Waals surface area contributed by atoms with Crippen molar-refractivity contribution >= 4 is 33.3 Å². The van der Waals surface area contributed by atoms with Crippen molar-refractivity contribution in [1.29, 1.82) is 0 Å². The van der Waals surface area contributed by atoms with Crippen LogP contribution >= 0.6 is 15.9 Å². The number of carboxylic acids is 1. The molecule has 0 atom stereocenters. The maximum Gasteiger partial charge on any atom is 0.354 e. The van der Waals surface area contributed by atoms with Gasteiger partial charge in [-0.25, -0.2) is 9.78 Å². The highest BCUT2D eigenvalue weighted by Gasteiger charge is 2.06. The first-order chi connectivity index (χ1) is 8.58. The van der Waals surface area contributed by atoms with Gasteiger partial charge in [0.15, 0.2) is 0 Å². The molecule has 0 saturated heterocycles. The number of halogens is 1. The van der Waals surface area contributed by atoms with Crippen molar-refractivity contribution in [2.45, 2.75) is 6.92 Å². The van der Waals surface area contributed by atoms with Crippen molar-refractivity contribution < 1.29 is 9.90 Å². The summed E-state index contributed by atoms with van der Waals surface area (Å²) in [6, 6.07) is 9.03. The lowest BCUT2D eigenvalue weighted by Crippen LogP contribution is -2.01. The normalized spacial score (nSPS) is 10.1. The molecule has 0 aliphatic rings. The van der Waals surface area contributed by atoms with E-state index in [4.69, 9.17) is 5.11 Å². The number of nitrogens with one attached hydrogen (secondary N) is 1. The smallest absolute Gasteiger partial charge is 0.354 e. The Balaban J connectivity index is 2.31. The fourth-order valence-electron chi connectivity index (χ4n) is 1.52. The zero-order valence-corrected chi connectivity index (χ0v) is 11.2. The quantitative estimate of drug-likeness (QED) is 0.909. The Kier molecular flexibility index (Phi) is 3.62. The van der Waals surface area contributed by atoms with Crippen LogP contribution in [-0.4, -0.2) is 16.1 Å². The van der Waals surface area contributed by atoms with Crippen molar-refractivity contribution in [3.8, 4) is 0 Å². The summed E-state index contributed by atoms with van der Waals surface area (Å²) in [4.78, 5) is 14.6. The van der Waals surface area contributed by atoms with E-state index in [9.17, 15) is 4.79 Å². The van der Waals surface area contributed by atoms with E-state index in [0.717, 1.165) is 15.7 Å². The molecule has 5 heteroatoms. The number of carboxylic acid groups (broad SMARTS) is 1. The molecular weight excluding hydrogens is 296 g/mol. The Bertz CT molecular complexity index is 599. The number of aromatic nitrogens is 1. The number of aromatic carboxylic acids is 1. The van der Waals surface area contributed by atoms with Gasteiger partial charge >= 0.3 is 5.97 Å². The van der Waals surface area contributed by atoms with Gasteiger partial charge in [-0.15, -0.1) is 0 Å². The molecule has 0 spiro atoms. The summed E-state index contributed by atoms with van der Waals surface area (Å²) in [5, 5.41) is 12.1. The van der Waals surface area contributed by atoms with Crippen LogP contribution in [0.4, 0.5) is 11.4 Å². The van der Waals surface area contributed by atoms with Crippen LogP contribution in [0.15, 0.2) is 41.0 Å². The molecule has 0 aliphatic carbocycles. The number of anilines is 2. The summed E-state index contributed by atoms with van der Waals surface area (Å²) in [7, 11) is 0. The van der Waals surface area contributed by atoms with E-state index < -0.39 is 5.97 Å². The van der Waals surface area contributed by atoms with Crippen LogP contribution in [0.1, 0.15) is 16.1 Å². The standard InChI is InChI=1S/C13H11BrN2O2/c1-8-10(14)3-2-4-11(8)16-9-5-6-15-12(7-9)13(17)18/h2-7H,1H3,(H,15,16)(H,17,18). The molecule has 0 fully saturated rings. The fraction of sp³-hybridized carbons (Fsp3) is 0.0769. The first-order valence-corrected chi connectivity index (χ1v) is 6.08. The summed E-state index contributed by atoms with van der Waals surface area (Å²) in [5.41, 5.74) is 2.70. The minimum atomic E-state index is -1.04. The number of hydrogen-bond acceptors (Lipinski definition) is 3. The predicted octanol–water partition coefficient (Wildman–Crippen LogP) is 3.59. The van der Waals surface area contributed by atoms with E-state index in [1.807, 2.05) is 25.1 Å². The predicted molar refractivity (Wildman–Crippen MR) is 73.4 cm³/mol. The van der Waals surface area contributed by atoms with E-state index >= 15 is 0 Å². The molecule has 0 radical (unpaired) electrons. The van der Waals surface area contributed by atoms with E-state index in [1.54, 1.807) is 6.07 Å². The second kappa shape index (κ2) is 5.18. The lowest BCUT2D eigenvalue weighted by molar-refractivity contribution is 0.0690. The van der Waals surface area contributed by atoms with Crippen molar-refractivity contribution in [1.82, 2.24) is 4.98 Å². The highest BCUT2D eigenvalue weighted by molar-refractivity contribution is 9.10. The SMILES string of the molecule is Cc1c(Br)cccc1Nc1ccnc(C(=O)O)c1. The van der Waals surface area contributed by atoms with Crippen LogP contribution in [0.3, 0.4) is 0 Å². The van der Waals surface area contributed by atoms with Gasteiger partial charge in [0.05, 0.1) is 0 Å². The highest BCUT2D eigenvalue weighted by Crippen LogP contribution is 2.26. The van der Waals surface area contributed by atoms with Crippen molar-refractivity contribution in [2.24, 2.45) is 0 Å².